The number of ether oxygens (including phenoxy) is 7. The van der Waals surface area contributed by atoms with Crippen LogP contribution in [0.5, 0.6) is 11.5 Å². The Kier molecular flexibility index (Phi) is 15.5. The van der Waals surface area contributed by atoms with Crippen LogP contribution < -0.4 is 9.47 Å². The first-order chi connectivity index (χ1) is 33.3. The number of likely N-dealkylation sites (tertiary alicyclic amines) is 2. The van der Waals surface area contributed by atoms with Crippen molar-refractivity contribution in [3.8, 4) is 11.5 Å². The molecule has 4 saturated heterocycles. The third-order valence-electron chi connectivity index (χ3n) is 15.1. The molecule has 382 valence electrons. The summed E-state index contributed by atoms with van der Waals surface area (Å²) in [6.45, 7) is 13.1. The number of aliphatic hydroxyl groups is 3. The highest BCUT2D eigenvalue weighted by molar-refractivity contribution is 6.08. The summed E-state index contributed by atoms with van der Waals surface area (Å²) >= 11 is 0. The molecule has 2 aromatic rings. The third-order valence-corrected chi connectivity index (χ3v) is 15.1. The third kappa shape index (κ3) is 10.4. The molecule has 4 amide bonds. The lowest BCUT2D eigenvalue weighted by Crippen LogP contribution is -2.46. The van der Waals surface area contributed by atoms with Gasteiger partial charge in [-0.2, -0.15) is 0 Å². The fourth-order valence-corrected chi connectivity index (χ4v) is 11.6. The van der Waals surface area contributed by atoms with E-state index in [1.807, 2.05) is 101 Å². The maximum absolute atomic E-state index is 14.0. The van der Waals surface area contributed by atoms with E-state index < -0.39 is 70.8 Å². The van der Waals surface area contributed by atoms with E-state index in [4.69, 9.17) is 33.2 Å². The van der Waals surface area contributed by atoms with E-state index in [9.17, 15) is 34.5 Å². The number of benzene rings is 2. The first kappa shape index (κ1) is 51.8. The molecular formula is C54H72N2O14. The number of hydrogen-bond acceptors (Lipinski definition) is 14. The van der Waals surface area contributed by atoms with E-state index in [0.717, 1.165) is 17.5 Å². The van der Waals surface area contributed by atoms with Crippen LogP contribution in [-0.2, 0) is 48.3 Å². The van der Waals surface area contributed by atoms with Crippen LogP contribution in [-0.4, -0.2) is 157 Å². The average Bonchev–Trinajstić information content (AvgIpc) is 4.17. The topological polar surface area (TPSA) is 200 Å². The number of carbonyl (C=O) groups excluding carboxylic acids is 4. The predicted molar refractivity (Wildman–Crippen MR) is 256 cm³/mol. The molecule has 0 saturated carbocycles. The molecule has 0 aliphatic carbocycles. The fraction of sp³-hybridized carbons (Fsp3) is 0.630. The molecule has 8 rings (SSSR count). The van der Waals surface area contributed by atoms with E-state index in [2.05, 4.69) is 13.8 Å². The standard InChI is InChI=1S/C54H72N2O14/c1-8-9-36(57)28-67-39-14-10-34(11-15-39)52(5,6)35-12-16-40(17-13-35)68-29-38(59)27-66-31-53-21-18-41(69-53)43-45(53)49(62)55(47(43)60)23-20-33(2)24-51(3,4)30-56-48(61)44-42-19-22-54(70-42,46(44)50(56)63)32-65-26-37(58)25-64-7/h10-19,21-22,33,36-38,41-46,57-59H,8-9,20,23-32H2,1-7H3. The lowest BCUT2D eigenvalue weighted by Gasteiger charge is -2.34. The van der Waals surface area contributed by atoms with Crippen molar-refractivity contribution in [2.45, 2.75) is 114 Å². The molecule has 6 aliphatic rings. The number of amides is 4. The SMILES string of the molecule is CCCC(O)COc1ccc(C(C)(C)c2ccc(OCC(O)COCC34C=CC(O3)C3C(=O)N(CCC(C)CC(C)(C)CN5C(=O)C6C7C=CC(COCC(O)COC)(O7)C6C5=O)C(=O)C34)cc2)cc1. The van der Waals surface area contributed by atoms with Crippen molar-refractivity contribution < 1.29 is 67.7 Å². The number of aliphatic hydroxyl groups excluding tert-OH is 3. The largest absolute Gasteiger partial charge is 0.491 e. The quantitative estimate of drug-likeness (QED) is 0.0841. The lowest BCUT2D eigenvalue weighted by atomic mass is 9.77. The zero-order chi connectivity index (χ0) is 50.2. The Hall–Kier alpha value is -4.52. The number of imide groups is 2. The number of fused-ring (bicyclic) bond motifs is 10. The lowest BCUT2D eigenvalue weighted by molar-refractivity contribution is -0.149. The van der Waals surface area contributed by atoms with Crippen LogP contribution in [0.4, 0.5) is 0 Å². The Morgan fingerprint density at radius 2 is 1.11 bits per heavy atom. The van der Waals surface area contributed by atoms with Gasteiger partial charge in [0.15, 0.2) is 0 Å². The van der Waals surface area contributed by atoms with Gasteiger partial charge in [0.05, 0.1) is 75.0 Å². The Bertz CT molecular complexity index is 2260. The van der Waals surface area contributed by atoms with Crippen LogP contribution in [0, 0.1) is 35.0 Å². The summed E-state index contributed by atoms with van der Waals surface area (Å²) < 4.78 is 40.8. The molecule has 0 aromatic heterocycles. The molecule has 0 spiro atoms. The maximum Gasteiger partial charge on any atom is 0.236 e. The monoisotopic (exact) mass is 972 g/mol. The van der Waals surface area contributed by atoms with Crippen molar-refractivity contribution in [1.82, 2.24) is 9.80 Å². The van der Waals surface area contributed by atoms with E-state index in [1.54, 1.807) is 0 Å². The zero-order valence-corrected chi connectivity index (χ0v) is 41.6. The van der Waals surface area contributed by atoms with Gasteiger partial charge in [-0.05, 0) is 66.0 Å². The van der Waals surface area contributed by atoms with Crippen molar-refractivity contribution in [3.05, 3.63) is 84.0 Å². The van der Waals surface area contributed by atoms with Crippen LogP contribution in [0.1, 0.15) is 78.4 Å². The molecule has 3 N–H and O–H groups in total. The van der Waals surface area contributed by atoms with Crippen LogP contribution in [0.25, 0.3) is 0 Å². The highest BCUT2D eigenvalue weighted by Gasteiger charge is 2.69. The van der Waals surface area contributed by atoms with Gasteiger partial charge in [0, 0.05) is 25.6 Å². The normalized spacial score (nSPS) is 29.3. The van der Waals surface area contributed by atoms with Crippen molar-refractivity contribution >= 4 is 23.6 Å². The van der Waals surface area contributed by atoms with Gasteiger partial charge in [0.2, 0.25) is 23.6 Å². The van der Waals surface area contributed by atoms with Gasteiger partial charge in [-0.3, -0.25) is 29.0 Å². The predicted octanol–water partition coefficient (Wildman–Crippen LogP) is 4.39. The van der Waals surface area contributed by atoms with Crippen LogP contribution >= 0.6 is 0 Å². The highest BCUT2D eigenvalue weighted by Crippen LogP contribution is 2.54. The molecule has 12 atom stereocenters. The molecule has 12 unspecified atom stereocenters. The Labute approximate surface area is 411 Å². The minimum atomic E-state index is -1.12. The fourth-order valence-electron chi connectivity index (χ4n) is 11.6. The second-order valence-corrected chi connectivity index (χ2v) is 21.7. The second-order valence-electron chi connectivity index (χ2n) is 21.7. The second kappa shape index (κ2) is 20.9. The summed E-state index contributed by atoms with van der Waals surface area (Å²) in [5.41, 5.74) is -0.800. The van der Waals surface area contributed by atoms with E-state index in [-0.39, 0.29) is 94.3 Å². The van der Waals surface area contributed by atoms with Crippen LogP contribution in [0.2, 0.25) is 0 Å². The van der Waals surface area contributed by atoms with Crippen LogP contribution in [0.15, 0.2) is 72.8 Å². The van der Waals surface area contributed by atoms with Gasteiger partial charge >= 0.3 is 0 Å². The van der Waals surface area contributed by atoms with Crippen molar-refractivity contribution in [1.29, 1.82) is 0 Å². The summed E-state index contributed by atoms with van der Waals surface area (Å²) in [6, 6.07) is 15.6. The van der Waals surface area contributed by atoms with Gasteiger partial charge in [-0.25, -0.2) is 0 Å². The van der Waals surface area contributed by atoms with Gasteiger partial charge in [-0.15, -0.1) is 0 Å². The van der Waals surface area contributed by atoms with Gasteiger partial charge in [0.1, 0.15) is 48.1 Å². The Morgan fingerprint density at radius 3 is 1.61 bits per heavy atom. The minimum Gasteiger partial charge on any atom is -0.491 e. The molecule has 4 bridgehead atoms. The molecule has 2 aromatic carbocycles. The number of methoxy groups -OCH3 is 1. The van der Waals surface area contributed by atoms with Gasteiger partial charge in [-0.1, -0.05) is 96.5 Å². The smallest absolute Gasteiger partial charge is 0.236 e. The van der Waals surface area contributed by atoms with E-state index >= 15 is 0 Å². The molecule has 0 radical (unpaired) electrons. The van der Waals surface area contributed by atoms with Crippen molar-refractivity contribution in [2.24, 2.45) is 35.0 Å². The number of carbonyl (C=O) groups is 4. The molecule has 16 nitrogen and oxygen atoms in total. The molecule has 6 aliphatic heterocycles. The molecule has 70 heavy (non-hydrogen) atoms. The van der Waals surface area contributed by atoms with E-state index in [0.29, 0.717) is 30.8 Å². The van der Waals surface area contributed by atoms with Gasteiger partial charge < -0.3 is 48.5 Å². The molecular weight excluding hydrogens is 901 g/mol. The summed E-state index contributed by atoms with van der Waals surface area (Å²) in [6.07, 6.45) is 6.69. The van der Waals surface area contributed by atoms with Crippen LogP contribution in [0.3, 0.4) is 0 Å². The maximum atomic E-state index is 14.0. The first-order valence-corrected chi connectivity index (χ1v) is 24.9. The number of rotatable bonds is 27. The molecule has 16 heteroatoms. The highest BCUT2D eigenvalue weighted by atomic mass is 16.6. The Balaban J connectivity index is 0.776. The minimum absolute atomic E-state index is 0.00465. The average molecular weight is 973 g/mol. The summed E-state index contributed by atoms with van der Waals surface area (Å²) in [5, 5.41) is 30.9. The first-order valence-electron chi connectivity index (χ1n) is 24.9. The number of nitrogens with zero attached hydrogens (tertiary/aromatic N) is 2. The van der Waals surface area contributed by atoms with Crippen molar-refractivity contribution in [3.63, 3.8) is 0 Å². The summed E-state index contributed by atoms with van der Waals surface area (Å²) in [4.78, 5) is 58.3. The summed E-state index contributed by atoms with van der Waals surface area (Å²) in [7, 11) is 1.49. The number of hydrogen-bond donors (Lipinski definition) is 3. The zero-order valence-electron chi connectivity index (χ0n) is 41.6. The summed E-state index contributed by atoms with van der Waals surface area (Å²) in [5.74, 6) is -2.49. The van der Waals surface area contributed by atoms with E-state index in [1.165, 1.54) is 16.9 Å². The molecule has 6 heterocycles. The Morgan fingerprint density at radius 1 is 0.643 bits per heavy atom. The molecule has 4 fully saturated rings. The van der Waals surface area contributed by atoms with Crippen molar-refractivity contribution in [2.75, 3.05) is 66.4 Å². The van der Waals surface area contributed by atoms with Gasteiger partial charge in [0.25, 0.3) is 0 Å².